The van der Waals surface area contributed by atoms with Crippen LogP contribution in [0.2, 0.25) is 50.4 Å². The summed E-state index contributed by atoms with van der Waals surface area (Å²) < 4.78 is 59.2. The third kappa shape index (κ3) is 24.7. The van der Waals surface area contributed by atoms with Gasteiger partial charge in [-0.3, -0.25) is 0 Å². The number of carbonyl (C=O) groups excluding carboxylic acids is 2. The highest BCUT2D eigenvalue weighted by atomic mass is 28.4. The maximum Gasteiger partial charge on any atom is 0.500 e. The van der Waals surface area contributed by atoms with Gasteiger partial charge in [-0.25, -0.2) is 9.59 Å². The Balaban J connectivity index is 1.84. The fraction of sp³-hybridized carbons (Fsp3) is 0.864. The molecule has 1 heterocycles. The zero-order valence-corrected chi connectivity index (χ0v) is 44.5. The fourth-order valence-corrected chi connectivity index (χ4v) is 22.5. The van der Waals surface area contributed by atoms with E-state index in [-0.39, 0.29) is 13.2 Å². The number of nitrogens with one attached hydrogen (secondary N) is 2. The second kappa shape index (κ2) is 31.5. The molecule has 14 nitrogen and oxygen atoms in total. The van der Waals surface area contributed by atoms with Crippen molar-refractivity contribution in [3.8, 4) is 0 Å². The van der Waals surface area contributed by atoms with Gasteiger partial charge in [-0.15, -0.1) is 0 Å². The van der Waals surface area contributed by atoms with E-state index >= 15 is 0 Å². The van der Waals surface area contributed by atoms with Crippen LogP contribution in [0.5, 0.6) is 0 Å². The lowest BCUT2D eigenvalue weighted by Gasteiger charge is -2.36. The number of hydrogen-bond acceptors (Lipinski definition) is 12. The van der Waals surface area contributed by atoms with Crippen LogP contribution in [0.1, 0.15) is 106 Å². The van der Waals surface area contributed by atoms with Gasteiger partial charge in [0.15, 0.2) is 16.6 Å². The molecule has 2 amide bonds. The van der Waals surface area contributed by atoms with Gasteiger partial charge in [0, 0.05) is 64.8 Å². The predicted octanol–water partition coefficient (Wildman–Crippen LogP) is 9.99. The Hall–Kier alpha value is -1.43. The predicted molar refractivity (Wildman–Crippen MR) is 255 cm³/mol. The zero-order chi connectivity index (χ0) is 45.7. The molecular weight excluding hydrogens is 861 g/mol. The molecule has 0 bridgehead atoms. The van der Waals surface area contributed by atoms with Gasteiger partial charge in [0.25, 0.3) is 0 Å². The summed E-state index contributed by atoms with van der Waals surface area (Å²) in [7, 11) is -9.18. The lowest BCUT2D eigenvalue weighted by atomic mass is 9.88. The Bertz CT molecular complexity index is 1250. The van der Waals surface area contributed by atoms with Crippen LogP contribution in [-0.2, 0) is 44.9 Å². The first-order valence-corrected chi connectivity index (χ1v) is 34.1. The number of amides is 2. The smallest absolute Gasteiger partial charge is 0.455 e. The summed E-state index contributed by atoms with van der Waals surface area (Å²) in [6, 6.07) is 3.57. The Morgan fingerprint density at radius 3 is 1.58 bits per heavy atom. The maximum absolute atomic E-state index is 12.4. The largest absolute Gasteiger partial charge is 0.500 e. The minimum absolute atomic E-state index is 0.208. The molecule has 1 saturated carbocycles. The summed E-state index contributed by atoms with van der Waals surface area (Å²) >= 11 is 0. The Kier molecular flexibility index (Phi) is 28.8. The number of rotatable bonds is 37. The molecule has 0 aromatic carbocycles. The molecule has 362 valence electrons. The van der Waals surface area contributed by atoms with Gasteiger partial charge in [-0.2, -0.15) is 0 Å². The Morgan fingerprint density at radius 2 is 1.10 bits per heavy atom. The Morgan fingerprint density at radius 1 is 0.613 bits per heavy atom. The van der Waals surface area contributed by atoms with E-state index in [9.17, 15) is 9.59 Å². The van der Waals surface area contributed by atoms with E-state index in [1.807, 2.05) is 53.7 Å². The number of epoxide rings is 1. The normalized spacial score (nSPS) is 18.8. The van der Waals surface area contributed by atoms with E-state index in [1.54, 1.807) is 0 Å². The van der Waals surface area contributed by atoms with E-state index in [1.165, 1.54) is 31.7 Å². The monoisotopic (exact) mass is 949 g/mol. The molecule has 1 saturated heterocycles. The van der Waals surface area contributed by atoms with Crippen LogP contribution in [0.4, 0.5) is 9.59 Å². The van der Waals surface area contributed by atoms with Crippen LogP contribution in [0.15, 0.2) is 24.3 Å². The molecule has 2 N–H and O–H groups in total. The van der Waals surface area contributed by atoms with Gasteiger partial charge >= 0.3 is 29.8 Å². The fourth-order valence-electron chi connectivity index (χ4n) is 8.30. The van der Waals surface area contributed by atoms with E-state index in [4.69, 9.17) is 44.9 Å². The molecule has 0 aromatic heterocycles. The minimum Gasteiger partial charge on any atom is -0.455 e. The number of hydrogen-bond donors (Lipinski definition) is 2. The van der Waals surface area contributed by atoms with Gasteiger partial charge in [-0.05, 0) is 143 Å². The standard InChI is InChI=1S/C44H88N2O12Si4/c1-11-51-61(52-12-2,53-13-3)34-22-30-45-43(47)49-32-20-17-18-24-39(28-36-59(7,8)58-60(9,10)37-29-40-26-27-41-42(38-40)57-41)25-19-21-33-50-44(48)46-31-23-35-62(54-14-4,55-15-5)56-16-6/h17,19-21,39-42H,11-16,18,22-38H2,1-10H3,(H,45,47)(H,46,48)/b20-17+,21-19+. The van der Waals surface area contributed by atoms with Crippen molar-refractivity contribution in [3.05, 3.63) is 24.3 Å². The first-order chi connectivity index (χ1) is 29.7. The molecule has 2 fully saturated rings. The van der Waals surface area contributed by atoms with Gasteiger partial charge < -0.3 is 55.5 Å². The first-order valence-electron chi connectivity index (χ1n) is 24.0. The van der Waals surface area contributed by atoms with E-state index in [2.05, 4.69) is 49.0 Å². The molecule has 4 unspecified atom stereocenters. The molecule has 18 heteroatoms. The van der Waals surface area contributed by atoms with Crippen molar-refractivity contribution >= 4 is 46.4 Å². The summed E-state index contributed by atoms with van der Waals surface area (Å²) in [4.78, 5) is 24.8. The lowest BCUT2D eigenvalue weighted by Crippen LogP contribution is -2.46. The second-order valence-corrected chi connectivity index (χ2v) is 31.8. The van der Waals surface area contributed by atoms with Crippen molar-refractivity contribution in [2.45, 2.75) is 168 Å². The summed E-state index contributed by atoms with van der Waals surface area (Å²) in [5.74, 6) is 1.22. The SMILES string of the molecule is CCO[Si](CCCNC(=O)OC/C=C/CCC(C/C=C/COC(=O)NCCC[Si](OCC)(OCC)OCC)CC[Si](C)(C)O[Si](C)(C)CCC1CCC2OC2C1)(OCC)OCC. The molecule has 1 aliphatic carbocycles. The average Bonchev–Trinajstić information content (AvgIpc) is 4.00. The van der Waals surface area contributed by atoms with Crippen LogP contribution in [0, 0.1) is 11.8 Å². The number of carbonyl (C=O) groups is 2. The van der Waals surface area contributed by atoms with Crippen LogP contribution in [-0.4, -0.2) is 125 Å². The summed E-state index contributed by atoms with van der Waals surface area (Å²) in [6.45, 7) is 25.7. The number of ether oxygens (including phenoxy) is 3. The van der Waals surface area contributed by atoms with Crippen LogP contribution in [0.25, 0.3) is 0 Å². The van der Waals surface area contributed by atoms with Gasteiger partial charge in [0.2, 0.25) is 0 Å². The van der Waals surface area contributed by atoms with E-state index in [0.29, 0.717) is 95.8 Å². The first kappa shape index (κ1) is 56.7. The summed E-state index contributed by atoms with van der Waals surface area (Å²) in [5, 5.41) is 5.67. The van der Waals surface area contributed by atoms with Crippen molar-refractivity contribution in [2.24, 2.45) is 11.8 Å². The van der Waals surface area contributed by atoms with E-state index < -0.39 is 46.4 Å². The van der Waals surface area contributed by atoms with Crippen molar-refractivity contribution in [3.63, 3.8) is 0 Å². The van der Waals surface area contributed by atoms with Crippen molar-refractivity contribution in [2.75, 3.05) is 65.9 Å². The third-order valence-corrected chi connectivity index (χ3v) is 24.9. The third-order valence-electron chi connectivity index (χ3n) is 11.2. The minimum atomic E-state index is -2.74. The number of allylic oxidation sites excluding steroid dienone is 2. The number of alkyl carbamates (subject to hydrolysis) is 2. The molecule has 0 aromatic rings. The highest BCUT2D eigenvalue weighted by Crippen LogP contribution is 2.42. The van der Waals surface area contributed by atoms with E-state index in [0.717, 1.165) is 37.6 Å². The van der Waals surface area contributed by atoms with Crippen molar-refractivity contribution in [1.29, 1.82) is 0 Å². The molecule has 0 radical (unpaired) electrons. The van der Waals surface area contributed by atoms with Gasteiger partial charge in [0.05, 0.1) is 12.2 Å². The summed E-state index contributed by atoms with van der Waals surface area (Å²) in [6.07, 6.45) is 18.5. The van der Waals surface area contributed by atoms with Crippen molar-refractivity contribution < 1.29 is 54.5 Å². The maximum atomic E-state index is 12.4. The number of fused-ring (bicyclic) bond motifs is 1. The highest BCUT2D eigenvalue weighted by molar-refractivity contribution is 6.84. The lowest BCUT2D eigenvalue weighted by molar-refractivity contribution is 0.0700. The molecule has 4 atom stereocenters. The van der Waals surface area contributed by atoms with Crippen LogP contribution >= 0.6 is 0 Å². The topological polar surface area (TPSA) is 154 Å². The van der Waals surface area contributed by atoms with Crippen LogP contribution < -0.4 is 10.6 Å². The molecule has 1 aliphatic heterocycles. The molecular formula is C44H88N2O12Si4. The molecule has 62 heavy (non-hydrogen) atoms. The summed E-state index contributed by atoms with van der Waals surface area (Å²) in [5.41, 5.74) is 0. The second-order valence-electron chi connectivity index (χ2n) is 17.4. The van der Waals surface area contributed by atoms with Gasteiger partial charge in [-0.1, -0.05) is 37.1 Å². The van der Waals surface area contributed by atoms with Crippen molar-refractivity contribution in [1.82, 2.24) is 10.6 Å². The average molecular weight is 950 g/mol. The molecule has 0 spiro atoms. The quantitative estimate of drug-likeness (QED) is 0.0264. The highest BCUT2D eigenvalue weighted by Gasteiger charge is 2.44. The Labute approximate surface area is 380 Å². The van der Waals surface area contributed by atoms with Gasteiger partial charge in [0.1, 0.15) is 13.2 Å². The molecule has 2 rings (SSSR count). The zero-order valence-electron chi connectivity index (χ0n) is 40.5. The van der Waals surface area contributed by atoms with Crippen LogP contribution in [0.3, 0.4) is 0 Å². The molecule has 2 aliphatic rings.